The summed E-state index contributed by atoms with van der Waals surface area (Å²) in [5, 5.41) is 12.6. The topological polar surface area (TPSA) is 49.3 Å². The van der Waals surface area contributed by atoms with Crippen molar-refractivity contribution < 1.29 is 18.7 Å². The Balaban J connectivity index is 1.91. The van der Waals surface area contributed by atoms with Gasteiger partial charge in [0.05, 0.1) is 12.0 Å². The number of hydrogen-bond acceptors (Lipinski definition) is 3. The molecule has 1 fully saturated rings. The molecule has 0 radical (unpaired) electrons. The standard InChI is InChI=1S/C13H15F2NO2S/c14-10-2-1-3-11(15)9(10)6-12(17)16-7-13(18)4-5-19-8-13/h1-3,18H,4-8H2,(H,16,17). The summed E-state index contributed by atoms with van der Waals surface area (Å²) in [5.41, 5.74) is -1.14. The Kier molecular flexibility index (Phi) is 4.42. The molecule has 6 heteroatoms. The van der Waals surface area contributed by atoms with Gasteiger partial charge in [0.15, 0.2) is 0 Å². The first-order valence-corrected chi connectivity index (χ1v) is 7.15. The second kappa shape index (κ2) is 5.88. The summed E-state index contributed by atoms with van der Waals surface area (Å²) in [5.74, 6) is -0.528. The number of halogens is 2. The Hall–Kier alpha value is -1.14. The first-order chi connectivity index (χ1) is 9.00. The minimum atomic E-state index is -0.895. The maximum absolute atomic E-state index is 13.4. The molecule has 1 aromatic rings. The van der Waals surface area contributed by atoms with E-state index in [9.17, 15) is 18.7 Å². The third-order valence-corrected chi connectivity index (χ3v) is 4.33. The van der Waals surface area contributed by atoms with Crippen LogP contribution in [0.3, 0.4) is 0 Å². The molecule has 2 N–H and O–H groups in total. The molecule has 3 nitrogen and oxygen atoms in total. The first kappa shape index (κ1) is 14.3. The van der Waals surface area contributed by atoms with E-state index in [1.807, 2.05) is 0 Å². The molecule has 19 heavy (non-hydrogen) atoms. The number of benzene rings is 1. The van der Waals surface area contributed by atoms with Gasteiger partial charge in [0.1, 0.15) is 11.6 Å². The summed E-state index contributed by atoms with van der Waals surface area (Å²) in [6.07, 6.45) is 0.258. The highest BCUT2D eigenvalue weighted by molar-refractivity contribution is 7.99. The molecule has 1 amide bonds. The lowest BCUT2D eigenvalue weighted by Gasteiger charge is -2.21. The Morgan fingerprint density at radius 1 is 1.42 bits per heavy atom. The third kappa shape index (κ3) is 3.67. The van der Waals surface area contributed by atoms with Crippen molar-refractivity contribution in [2.45, 2.75) is 18.4 Å². The molecule has 1 unspecified atom stereocenters. The van der Waals surface area contributed by atoms with Gasteiger partial charge in [-0.1, -0.05) is 6.07 Å². The maximum atomic E-state index is 13.4. The van der Waals surface area contributed by atoms with Crippen molar-refractivity contribution in [3.05, 3.63) is 35.4 Å². The minimum absolute atomic E-state index is 0.120. The van der Waals surface area contributed by atoms with Crippen molar-refractivity contribution >= 4 is 17.7 Å². The van der Waals surface area contributed by atoms with Crippen LogP contribution in [0.5, 0.6) is 0 Å². The van der Waals surface area contributed by atoms with Gasteiger partial charge >= 0.3 is 0 Å². The first-order valence-electron chi connectivity index (χ1n) is 6.00. The van der Waals surface area contributed by atoms with Gasteiger partial charge in [-0.2, -0.15) is 11.8 Å². The molecule has 1 aliphatic heterocycles. The quantitative estimate of drug-likeness (QED) is 0.882. The van der Waals surface area contributed by atoms with Crippen molar-refractivity contribution in [1.29, 1.82) is 0 Å². The average Bonchev–Trinajstić information content (AvgIpc) is 2.79. The molecule has 1 aliphatic rings. The van der Waals surface area contributed by atoms with Crippen molar-refractivity contribution in [2.75, 3.05) is 18.1 Å². The van der Waals surface area contributed by atoms with Crippen LogP contribution < -0.4 is 5.32 Å². The highest BCUT2D eigenvalue weighted by Crippen LogP contribution is 2.27. The number of rotatable bonds is 4. The number of amides is 1. The molecule has 0 aromatic heterocycles. The van der Waals surface area contributed by atoms with Gasteiger partial charge in [-0.3, -0.25) is 4.79 Å². The van der Waals surface area contributed by atoms with Gasteiger partial charge in [0, 0.05) is 17.9 Å². The highest BCUT2D eigenvalue weighted by atomic mass is 32.2. The fourth-order valence-electron chi connectivity index (χ4n) is 1.92. The van der Waals surface area contributed by atoms with Crippen LogP contribution in [0.2, 0.25) is 0 Å². The SMILES string of the molecule is O=C(Cc1c(F)cccc1F)NCC1(O)CCSC1. The predicted octanol–water partition coefficient (Wildman–Crippen LogP) is 1.49. The van der Waals surface area contributed by atoms with Crippen molar-refractivity contribution in [3.63, 3.8) is 0 Å². The van der Waals surface area contributed by atoms with Crippen LogP contribution in [0.1, 0.15) is 12.0 Å². The molecule has 1 saturated heterocycles. The second-order valence-electron chi connectivity index (χ2n) is 4.68. The van der Waals surface area contributed by atoms with Crippen LogP contribution in [-0.2, 0) is 11.2 Å². The van der Waals surface area contributed by atoms with Crippen molar-refractivity contribution in [1.82, 2.24) is 5.32 Å². The summed E-state index contributed by atoms with van der Waals surface area (Å²) in [7, 11) is 0. The van der Waals surface area contributed by atoms with Gasteiger partial charge in [0.2, 0.25) is 5.91 Å². The summed E-state index contributed by atoms with van der Waals surface area (Å²) in [4.78, 5) is 11.7. The van der Waals surface area contributed by atoms with Gasteiger partial charge in [-0.25, -0.2) is 8.78 Å². The van der Waals surface area contributed by atoms with E-state index in [0.29, 0.717) is 12.2 Å². The molecular formula is C13H15F2NO2S. The van der Waals surface area contributed by atoms with Crippen LogP contribution in [0.4, 0.5) is 8.78 Å². The Labute approximate surface area is 114 Å². The predicted molar refractivity (Wildman–Crippen MR) is 70.0 cm³/mol. The van der Waals surface area contributed by atoms with Crippen LogP contribution in [0.15, 0.2) is 18.2 Å². The number of thioether (sulfide) groups is 1. The largest absolute Gasteiger partial charge is 0.387 e. The molecule has 0 saturated carbocycles. The fraction of sp³-hybridized carbons (Fsp3) is 0.462. The number of hydrogen-bond donors (Lipinski definition) is 2. The van der Waals surface area contributed by atoms with Crippen LogP contribution >= 0.6 is 11.8 Å². The monoisotopic (exact) mass is 287 g/mol. The molecule has 2 rings (SSSR count). The Morgan fingerprint density at radius 3 is 2.68 bits per heavy atom. The van der Waals surface area contributed by atoms with E-state index in [1.54, 1.807) is 11.8 Å². The van der Waals surface area contributed by atoms with Crippen LogP contribution in [-0.4, -0.2) is 34.7 Å². The third-order valence-electron chi connectivity index (χ3n) is 3.10. The smallest absolute Gasteiger partial charge is 0.224 e. The molecule has 1 aromatic carbocycles. The molecule has 0 bridgehead atoms. The van der Waals surface area contributed by atoms with E-state index in [1.165, 1.54) is 6.07 Å². The normalized spacial score (nSPS) is 22.5. The van der Waals surface area contributed by atoms with Crippen molar-refractivity contribution in [2.24, 2.45) is 0 Å². The average molecular weight is 287 g/mol. The fourth-order valence-corrected chi connectivity index (χ4v) is 3.22. The maximum Gasteiger partial charge on any atom is 0.224 e. The molecule has 1 heterocycles. The lowest BCUT2D eigenvalue weighted by atomic mass is 10.0. The second-order valence-corrected chi connectivity index (χ2v) is 5.79. The highest BCUT2D eigenvalue weighted by Gasteiger charge is 2.32. The van der Waals surface area contributed by atoms with Crippen LogP contribution in [0.25, 0.3) is 0 Å². The lowest BCUT2D eigenvalue weighted by molar-refractivity contribution is -0.121. The van der Waals surface area contributed by atoms with E-state index < -0.39 is 23.1 Å². The van der Waals surface area contributed by atoms with E-state index in [2.05, 4.69) is 5.32 Å². The van der Waals surface area contributed by atoms with E-state index in [4.69, 9.17) is 0 Å². The molecular weight excluding hydrogens is 272 g/mol. The molecule has 104 valence electrons. The van der Waals surface area contributed by atoms with Gasteiger partial charge < -0.3 is 10.4 Å². The zero-order valence-electron chi connectivity index (χ0n) is 10.3. The summed E-state index contributed by atoms with van der Waals surface area (Å²) < 4.78 is 26.7. The van der Waals surface area contributed by atoms with E-state index in [-0.39, 0.29) is 18.5 Å². The van der Waals surface area contributed by atoms with Crippen molar-refractivity contribution in [3.8, 4) is 0 Å². The minimum Gasteiger partial charge on any atom is -0.387 e. The summed E-state index contributed by atoms with van der Waals surface area (Å²) in [6.45, 7) is 0.120. The number of carbonyl (C=O) groups excluding carboxylic acids is 1. The Bertz CT molecular complexity index is 455. The summed E-state index contributed by atoms with van der Waals surface area (Å²) in [6, 6.07) is 3.49. The number of aliphatic hydroxyl groups is 1. The van der Waals surface area contributed by atoms with Gasteiger partial charge in [-0.15, -0.1) is 0 Å². The van der Waals surface area contributed by atoms with Gasteiger partial charge in [-0.05, 0) is 24.3 Å². The Morgan fingerprint density at radius 2 is 2.11 bits per heavy atom. The zero-order valence-corrected chi connectivity index (χ0v) is 11.1. The number of carbonyl (C=O) groups is 1. The lowest BCUT2D eigenvalue weighted by Crippen LogP contribution is -2.43. The van der Waals surface area contributed by atoms with Gasteiger partial charge in [0.25, 0.3) is 0 Å². The van der Waals surface area contributed by atoms with E-state index >= 15 is 0 Å². The molecule has 1 atom stereocenters. The number of nitrogens with one attached hydrogen (secondary N) is 1. The zero-order chi connectivity index (χ0) is 13.9. The van der Waals surface area contributed by atoms with Crippen LogP contribution in [0, 0.1) is 11.6 Å². The van der Waals surface area contributed by atoms with E-state index in [0.717, 1.165) is 17.9 Å². The molecule has 0 aliphatic carbocycles. The molecule has 0 spiro atoms. The summed E-state index contributed by atoms with van der Waals surface area (Å²) >= 11 is 1.62.